The Kier molecular flexibility index (Phi) is 6.11. The third-order valence-corrected chi connectivity index (χ3v) is 5.02. The van der Waals surface area contributed by atoms with E-state index in [1.807, 2.05) is 30.3 Å². The minimum absolute atomic E-state index is 0.107. The van der Waals surface area contributed by atoms with Gasteiger partial charge in [-0.15, -0.1) is 0 Å². The van der Waals surface area contributed by atoms with Crippen LogP contribution in [0.4, 0.5) is 5.69 Å². The van der Waals surface area contributed by atoms with Crippen molar-refractivity contribution in [3.63, 3.8) is 0 Å². The van der Waals surface area contributed by atoms with E-state index in [1.54, 1.807) is 11.9 Å². The van der Waals surface area contributed by atoms with Crippen molar-refractivity contribution in [2.75, 3.05) is 18.4 Å². The number of para-hydroxylation sites is 1. The third kappa shape index (κ3) is 4.71. The summed E-state index contributed by atoms with van der Waals surface area (Å²) in [7, 11) is 2.94. The van der Waals surface area contributed by atoms with Crippen LogP contribution in [0.5, 0.6) is 0 Å². The van der Waals surface area contributed by atoms with Gasteiger partial charge in [-0.1, -0.05) is 18.2 Å². The Bertz CT molecular complexity index is 1050. The third-order valence-electron chi connectivity index (χ3n) is 5.02. The summed E-state index contributed by atoms with van der Waals surface area (Å²) in [5, 5.41) is 2.88. The maximum absolute atomic E-state index is 12.6. The second-order valence-electron chi connectivity index (χ2n) is 7.15. The van der Waals surface area contributed by atoms with Crippen molar-refractivity contribution in [3.05, 3.63) is 69.0 Å². The van der Waals surface area contributed by atoms with Gasteiger partial charge in [0.25, 0.3) is 5.56 Å². The molecule has 152 valence electrons. The molecule has 2 amide bonds. The maximum Gasteiger partial charge on any atom is 0.330 e. The second kappa shape index (κ2) is 8.72. The number of benzene rings is 1. The molecule has 0 spiro atoms. The predicted molar refractivity (Wildman–Crippen MR) is 110 cm³/mol. The molecule has 29 heavy (non-hydrogen) atoms. The molecule has 3 rings (SSSR count). The first-order valence-corrected chi connectivity index (χ1v) is 9.46. The Morgan fingerprint density at radius 2 is 1.86 bits per heavy atom. The molecule has 0 aliphatic carbocycles. The minimum atomic E-state index is -0.462. The molecular formula is C21H24N4O4. The second-order valence-corrected chi connectivity index (χ2v) is 7.15. The van der Waals surface area contributed by atoms with Crippen LogP contribution in [0, 0.1) is 5.92 Å². The van der Waals surface area contributed by atoms with Gasteiger partial charge in [0.1, 0.15) is 0 Å². The molecule has 1 aromatic carbocycles. The zero-order valence-corrected chi connectivity index (χ0v) is 16.5. The Hall–Kier alpha value is -3.42. The molecule has 2 aromatic rings. The summed E-state index contributed by atoms with van der Waals surface area (Å²) >= 11 is 0. The van der Waals surface area contributed by atoms with Crippen LogP contribution >= 0.6 is 0 Å². The molecule has 1 aliphatic rings. The molecule has 1 aliphatic heterocycles. The molecule has 1 aromatic heterocycles. The zero-order valence-electron chi connectivity index (χ0n) is 16.5. The van der Waals surface area contributed by atoms with E-state index in [1.165, 1.54) is 30.0 Å². The number of hydrogen-bond donors (Lipinski definition) is 1. The number of amides is 2. The summed E-state index contributed by atoms with van der Waals surface area (Å²) in [5.41, 5.74) is 0.0856. The lowest BCUT2D eigenvalue weighted by Crippen LogP contribution is -2.43. The average Bonchev–Trinajstić information content (AvgIpc) is 2.74. The predicted octanol–water partition coefficient (Wildman–Crippen LogP) is 0.975. The number of hydrogen-bond acceptors (Lipinski definition) is 4. The number of aromatic nitrogens is 2. The number of nitrogens with one attached hydrogen (secondary N) is 1. The highest BCUT2D eigenvalue weighted by Gasteiger charge is 2.27. The van der Waals surface area contributed by atoms with E-state index >= 15 is 0 Å². The van der Waals surface area contributed by atoms with Crippen molar-refractivity contribution in [2.45, 2.75) is 12.8 Å². The zero-order chi connectivity index (χ0) is 21.0. The summed E-state index contributed by atoms with van der Waals surface area (Å²) in [6, 6.07) is 9.21. The van der Waals surface area contributed by atoms with Gasteiger partial charge in [0.2, 0.25) is 11.8 Å². The largest absolute Gasteiger partial charge is 0.338 e. The first-order chi connectivity index (χ1) is 13.9. The first kappa shape index (κ1) is 20.3. The molecule has 0 saturated carbocycles. The van der Waals surface area contributed by atoms with Gasteiger partial charge in [0.05, 0.1) is 11.5 Å². The standard InChI is InChI=1S/C21H24N4O4/c1-23-13-16(20(28)24(2)21(23)29)10-11-18(26)25-12-6-7-15(14-25)19(27)22-17-8-4-3-5-9-17/h3-5,8-11,13,15H,6-7,12,14H2,1-2H3,(H,22,27)/b11-10+. The number of anilines is 1. The van der Waals surface area contributed by atoms with Gasteiger partial charge in [-0.2, -0.15) is 0 Å². The molecule has 1 unspecified atom stereocenters. The number of carbonyl (C=O) groups excluding carboxylic acids is 2. The maximum atomic E-state index is 12.6. The summed E-state index contributed by atoms with van der Waals surface area (Å²) in [5.74, 6) is -0.658. The van der Waals surface area contributed by atoms with E-state index in [2.05, 4.69) is 5.32 Å². The van der Waals surface area contributed by atoms with Crippen LogP contribution in [0.25, 0.3) is 6.08 Å². The summed E-state index contributed by atoms with van der Waals surface area (Å²) in [4.78, 5) is 50.6. The molecule has 2 heterocycles. The molecule has 0 bridgehead atoms. The fourth-order valence-electron chi connectivity index (χ4n) is 3.37. The topological polar surface area (TPSA) is 93.4 Å². The van der Waals surface area contributed by atoms with Crippen molar-refractivity contribution in [3.8, 4) is 0 Å². The fourth-order valence-corrected chi connectivity index (χ4v) is 3.37. The van der Waals surface area contributed by atoms with Crippen LogP contribution in [0.2, 0.25) is 0 Å². The quantitative estimate of drug-likeness (QED) is 0.780. The number of carbonyl (C=O) groups is 2. The molecule has 1 fully saturated rings. The summed E-state index contributed by atoms with van der Waals surface area (Å²) in [6.07, 6.45) is 5.58. The smallest absolute Gasteiger partial charge is 0.330 e. The van der Waals surface area contributed by atoms with E-state index in [0.717, 1.165) is 16.7 Å². The van der Waals surface area contributed by atoms with Gasteiger partial charge >= 0.3 is 5.69 Å². The first-order valence-electron chi connectivity index (χ1n) is 9.46. The SMILES string of the molecule is Cn1cc(/C=C/C(=O)N2CCCC(C(=O)Nc3ccccc3)C2)c(=O)n(C)c1=O. The van der Waals surface area contributed by atoms with E-state index in [-0.39, 0.29) is 23.3 Å². The summed E-state index contributed by atoms with van der Waals surface area (Å²) in [6.45, 7) is 0.886. The van der Waals surface area contributed by atoms with Gasteiger partial charge in [-0.05, 0) is 31.1 Å². The summed E-state index contributed by atoms with van der Waals surface area (Å²) < 4.78 is 2.28. The lowest BCUT2D eigenvalue weighted by molar-refractivity contribution is -0.130. The number of piperidine rings is 1. The highest BCUT2D eigenvalue weighted by Crippen LogP contribution is 2.19. The molecule has 0 radical (unpaired) electrons. The number of nitrogens with zero attached hydrogens (tertiary/aromatic N) is 3. The molecular weight excluding hydrogens is 372 g/mol. The van der Waals surface area contributed by atoms with E-state index in [9.17, 15) is 19.2 Å². The Labute approximate surface area is 168 Å². The van der Waals surface area contributed by atoms with Crippen LogP contribution in [0.3, 0.4) is 0 Å². The van der Waals surface area contributed by atoms with Crippen LogP contribution in [0.15, 0.2) is 52.2 Å². The highest BCUT2D eigenvalue weighted by molar-refractivity contribution is 5.95. The van der Waals surface area contributed by atoms with Crippen molar-refractivity contribution < 1.29 is 9.59 Å². The molecule has 8 nitrogen and oxygen atoms in total. The van der Waals surface area contributed by atoms with Crippen LogP contribution in [0.1, 0.15) is 18.4 Å². The van der Waals surface area contributed by atoms with Crippen molar-refractivity contribution in [2.24, 2.45) is 20.0 Å². The van der Waals surface area contributed by atoms with Gasteiger partial charge in [0, 0.05) is 45.1 Å². The average molecular weight is 396 g/mol. The highest BCUT2D eigenvalue weighted by atomic mass is 16.2. The molecule has 8 heteroatoms. The molecule has 1 atom stereocenters. The lowest BCUT2D eigenvalue weighted by Gasteiger charge is -2.31. The van der Waals surface area contributed by atoms with Gasteiger partial charge in [-0.25, -0.2) is 4.79 Å². The van der Waals surface area contributed by atoms with E-state index in [4.69, 9.17) is 0 Å². The van der Waals surface area contributed by atoms with Crippen molar-refractivity contribution in [1.82, 2.24) is 14.0 Å². The minimum Gasteiger partial charge on any atom is -0.338 e. The van der Waals surface area contributed by atoms with Crippen molar-refractivity contribution in [1.29, 1.82) is 0 Å². The lowest BCUT2D eigenvalue weighted by atomic mass is 9.97. The fraction of sp³-hybridized carbons (Fsp3) is 0.333. The normalized spacial score (nSPS) is 16.8. The molecule has 1 saturated heterocycles. The number of likely N-dealkylation sites (tertiary alicyclic amines) is 1. The number of rotatable bonds is 4. The van der Waals surface area contributed by atoms with Crippen LogP contribution < -0.4 is 16.6 Å². The Morgan fingerprint density at radius 3 is 2.59 bits per heavy atom. The van der Waals surface area contributed by atoms with Gasteiger partial charge in [-0.3, -0.25) is 19.0 Å². The van der Waals surface area contributed by atoms with Gasteiger partial charge < -0.3 is 14.8 Å². The van der Waals surface area contributed by atoms with Crippen LogP contribution in [-0.4, -0.2) is 38.9 Å². The van der Waals surface area contributed by atoms with Crippen molar-refractivity contribution >= 4 is 23.6 Å². The number of aryl methyl sites for hydroxylation is 1. The van der Waals surface area contributed by atoms with E-state index in [0.29, 0.717) is 19.5 Å². The van der Waals surface area contributed by atoms with E-state index < -0.39 is 11.2 Å². The monoisotopic (exact) mass is 396 g/mol. The molecule has 1 N–H and O–H groups in total. The Morgan fingerprint density at radius 1 is 1.14 bits per heavy atom. The Balaban J connectivity index is 1.67. The van der Waals surface area contributed by atoms with Gasteiger partial charge in [0.15, 0.2) is 0 Å². The van der Waals surface area contributed by atoms with Crippen LogP contribution in [-0.2, 0) is 23.7 Å².